The molecule has 0 unspecified atom stereocenters. The number of hydrogen-bond donors (Lipinski definition) is 1. The van der Waals surface area contributed by atoms with Crippen molar-refractivity contribution >= 4 is 28.6 Å². The summed E-state index contributed by atoms with van der Waals surface area (Å²) >= 11 is 5.70. The van der Waals surface area contributed by atoms with Crippen molar-refractivity contribution in [2.75, 3.05) is 6.54 Å². The van der Waals surface area contributed by atoms with Crippen LogP contribution in [0.3, 0.4) is 0 Å². The third kappa shape index (κ3) is 3.46. The van der Waals surface area contributed by atoms with Crippen molar-refractivity contribution in [3.05, 3.63) is 65.0 Å². The van der Waals surface area contributed by atoms with E-state index in [2.05, 4.69) is 22.4 Å². The van der Waals surface area contributed by atoms with E-state index in [0.717, 1.165) is 12.8 Å². The van der Waals surface area contributed by atoms with Gasteiger partial charge in [-0.1, -0.05) is 30.3 Å². The van der Waals surface area contributed by atoms with Crippen LogP contribution in [0.5, 0.6) is 0 Å². The summed E-state index contributed by atoms with van der Waals surface area (Å²) in [5.41, 5.74) is 2.97. The van der Waals surface area contributed by atoms with Gasteiger partial charge in [0.15, 0.2) is 5.58 Å². The van der Waals surface area contributed by atoms with Gasteiger partial charge in [0.25, 0.3) is 11.3 Å². The number of halogens is 1. The quantitative estimate of drug-likeness (QED) is 0.728. The molecule has 4 nitrogen and oxygen atoms in total. The van der Waals surface area contributed by atoms with Crippen LogP contribution in [0.1, 0.15) is 22.3 Å². The van der Waals surface area contributed by atoms with E-state index < -0.39 is 0 Å². The van der Waals surface area contributed by atoms with Gasteiger partial charge in [-0.25, -0.2) is 0 Å². The Bertz CT molecular complexity index is 784. The van der Waals surface area contributed by atoms with Crippen LogP contribution in [0.25, 0.3) is 11.1 Å². The fourth-order valence-corrected chi connectivity index (χ4v) is 2.45. The van der Waals surface area contributed by atoms with E-state index in [4.69, 9.17) is 16.0 Å². The van der Waals surface area contributed by atoms with Gasteiger partial charge in [-0.05, 0) is 48.2 Å². The predicted octanol–water partition coefficient (Wildman–Crippen LogP) is 3.84. The minimum atomic E-state index is -0.123. The fraction of sp³-hybridized carbons (Fsp3) is 0.176. The van der Waals surface area contributed by atoms with Crippen LogP contribution in [0.4, 0.5) is 0 Å². The first-order valence-corrected chi connectivity index (χ1v) is 7.48. The van der Waals surface area contributed by atoms with Crippen LogP contribution in [0, 0.1) is 0 Å². The smallest absolute Gasteiger partial charge is 0.293 e. The van der Waals surface area contributed by atoms with Gasteiger partial charge in [-0.2, -0.15) is 4.98 Å². The highest BCUT2D eigenvalue weighted by molar-refractivity contribution is 6.28. The lowest BCUT2D eigenvalue weighted by Crippen LogP contribution is -2.24. The summed E-state index contributed by atoms with van der Waals surface area (Å²) in [5.74, 6) is -0.123. The molecule has 0 radical (unpaired) electrons. The summed E-state index contributed by atoms with van der Waals surface area (Å²) in [6, 6.07) is 15.3. The predicted molar refractivity (Wildman–Crippen MR) is 86.1 cm³/mol. The Balaban J connectivity index is 1.54. The van der Waals surface area contributed by atoms with E-state index in [1.807, 2.05) is 18.2 Å². The molecule has 1 aromatic heterocycles. The second-order valence-electron chi connectivity index (χ2n) is 4.99. The molecule has 3 rings (SSSR count). The van der Waals surface area contributed by atoms with E-state index >= 15 is 0 Å². The van der Waals surface area contributed by atoms with E-state index in [-0.39, 0.29) is 11.3 Å². The number of hydrogen-bond acceptors (Lipinski definition) is 3. The molecule has 0 aliphatic carbocycles. The number of aryl methyl sites for hydroxylation is 1. The highest BCUT2D eigenvalue weighted by Crippen LogP contribution is 2.20. The lowest BCUT2D eigenvalue weighted by Gasteiger charge is -2.05. The van der Waals surface area contributed by atoms with Gasteiger partial charge in [-0.15, -0.1) is 0 Å². The highest BCUT2D eigenvalue weighted by Gasteiger charge is 2.09. The standard InChI is InChI=1S/C17H15ClN2O2/c18-17-20-14-9-8-13(11-15(14)22-17)16(21)19-10-4-7-12-5-2-1-3-6-12/h1-3,5-6,8-9,11H,4,7,10H2,(H,19,21). The average molecular weight is 315 g/mol. The van der Waals surface area contributed by atoms with Crippen LogP contribution < -0.4 is 5.32 Å². The second-order valence-corrected chi connectivity index (χ2v) is 5.32. The molecule has 1 heterocycles. The van der Waals surface area contributed by atoms with Crippen molar-refractivity contribution in [1.29, 1.82) is 0 Å². The minimum Gasteiger partial charge on any atom is -0.428 e. The average Bonchev–Trinajstić information content (AvgIpc) is 2.91. The van der Waals surface area contributed by atoms with Gasteiger partial charge in [0, 0.05) is 12.1 Å². The fourth-order valence-electron chi connectivity index (χ4n) is 2.28. The molecule has 0 aliphatic rings. The number of carbonyl (C=O) groups excluding carboxylic acids is 1. The normalized spacial score (nSPS) is 10.8. The largest absolute Gasteiger partial charge is 0.428 e. The van der Waals surface area contributed by atoms with Crippen molar-refractivity contribution in [2.24, 2.45) is 0 Å². The summed E-state index contributed by atoms with van der Waals surface area (Å²) in [6.07, 6.45) is 1.84. The van der Waals surface area contributed by atoms with E-state index in [0.29, 0.717) is 23.2 Å². The molecular weight excluding hydrogens is 300 g/mol. The van der Waals surface area contributed by atoms with Crippen molar-refractivity contribution in [3.8, 4) is 0 Å². The minimum absolute atomic E-state index is 0.0791. The Hall–Kier alpha value is -2.33. The Kier molecular flexibility index (Phi) is 4.39. The van der Waals surface area contributed by atoms with E-state index in [1.54, 1.807) is 18.2 Å². The third-order valence-corrected chi connectivity index (χ3v) is 3.56. The molecule has 22 heavy (non-hydrogen) atoms. The maximum absolute atomic E-state index is 12.1. The topological polar surface area (TPSA) is 55.1 Å². The Labute approximate surface area is 133 Å². The number of rotatable bonds is 5. The summed E-state index contributed by atoms with van der Waals surface area (Å²) in [6.45, 7) is 0.628. The monoisotopic (exact) mass is 314 g/mol. The van der Waals surface area contributed by atoms with Gasteiger partial charge < -0.3 is 9.73 Å². The number of benzene rings is 2. The Morgan fingerprint density at radius 3 is 2.82 bits per heavy atom. The van der Waals surface area contributed by atoms with Crippen LogP contribution in [0.2, 0.25) is 5.35 Å². The van der Waals surface area contributed by atoms with Crippen LogP contribution in [-0.2, 0) is 6.42 Å². The molecule has 1 N–H and O–H groups in total. The molecule has 0 saturated carbocycles. The maximum atomic E-state index is 12.1. The number of fused-ring (bicyclic) bond motifs is 1. The van der Waals surface area contributed by atoms with Crippen molar-refractivity contribution in [3.63, 3.8) is 0 Å². The van der Waals surface area contributed by atoms with Crippen molar-refractivity contribution in [2.45, 2.75) is 12.8 Å². The van der Waals surface area contributed by atoms with Crippen LogP contribution in [0.15, 0.2) is 52.9 Å². The molecule has 0 fully saturated rings. The van der Waals surface area contributed by atoms with Crippen LogP contribution in [-0.4, -0.2) is 17.4 Å². The van der Waals surface area contributed by atoms with Gasteiger partial charge >= 0.3 is 0 Å². The molecule has 0 aliphatic heterocycles. The van der Waals surface area contributed by atoms with Gasteiger partial charge in [0.2, 0.25) is 0 Å². The van der Waals surface area contributed by atoms with E-state index in [1.165, 1.54) is 5.56 Å². The molecule has 5 heteroatoms. The SMILES string of the molecule is O=C(NCCCc1ccccc1)c1ccc2nc(Cl)oc2c1. The molecule has 0 saturated heterocycles. The third-order valence-electron chi connectivity index (χ3n) is 3.40. The molecular formula is C17H15ClN2O2. The first-order chi connectivity index (χ1) is 10.7. The Morgan fingerprint density at radius 1 is 1.18 bits per heavy atom. The maximum Gasteiger partial charge on any atom is 0.293 e. The zero-order valence-corrected chi connectivity index (χ0v) is 12.6. The van der Waals surface area contributed by atoms with E-state index in [9.17, 15) is 4.79 Å². The zero-order valence-electron chi connectivity index (χ0n) is 11.9. The lowest BCUT2D eigenvalue weighted by molar-refractivity contribution is 0.0953. The van der Waals surface area contributed by atoms with Crippen molar-refractivity contribution < 1.29 is 9.21 Å². The van der Waals surface area contributed by atoms with Gasteiger partial charge in [0.05, 0.1) is 0 Å². The first kappa shape index (κ1) is 14.6. The van der Waals surface area contributed by atoms with Gasteiger partial charge in [-0.3, -0.25) is 4.79 Å². The first-order valence-electron chi connectivity index (χ1n) is 7.10. The number of aromatic nitrogens is 1. The summed E-state index contributed by atoms with van der Waals surface area (Å²) in [5, 5.41) is 2.99. The molecule has 2 aromatic carbocycles. The molecule has 0 atom stereocenters. The van der Waals surface area contributed by atoms with Gasteiger partial charge in [0.1, 0.15) is 5.52 Å². The molecule has 1 amide bonds. The second kappa shape index (κ2) is 6.62. The number of carbonyl (C=O) groups is 1. The number of amides is 1. The van der Waals surface area contributed by atoms with Crippen molar-refractivity contribution in [1.82, 2.24) is 10.3 Å². The Morgan fingerprint density at radius 2 is 2.00 bits per heavy atom. The lowest BCUT2D eigenvalue weighted by atomic mass is 10.1. The summed E-state index contributed by atoms with van der Waals surface area (Å²) in [7, 11) is 0. The molecule has 112 valence electrons. The number of oxazole rings is 1. The highest BCUT2D eigenvalue weighted by atomic mass is 35.5. The number of nitrogens with one attached hydrogen (secondary N) is 1. The summed E-state index contributed by atoms with van der Waals surface area (Å²) < 4.78 is 5.22. The molecule has 3 aromatic rings. The zero-order chi connectivity index (χ0) is 15.4. The van der Waals surface area contributed by atoms with Crippen LogP contribution >= 0.6 is 11.6 Å². The number of nitrogens with zero attached hydrogens (tertiary/aromatic N) is 1. The molecule has 0 bridgehead atoms. The molecule has 0 spiro atoms. The summed E-state index contributed by atoms with van der Waals surface area (Å²) in [4.78, 5) is 16.1.